The Morgan fingerprint density at radius 2 is 1.50 bits per heavy atom. The summed E-state index contributed by atoms with van der Waals surface area (Å²) in [6.45, 7) is -0.362. The topological polar surface area (TPSA) is 94.2 Å². The number of ether oxygens (including phenoxy) is 3. The fraction of sp³-hybridized carbons (Fsp3) is 0.174. The molecule has 3 rings (SSSR count). The van der Waals surface area contributed by atoms with Crippen LogP contribution in [0.25, 0.3) is 0 Å². The van der Waals surface area contributed by atoms with E-state index >= 15 is 0 Å². The number of amides is 1. The summed E-state index contributed by atoms with van der Waals surface area (Å²) >= 11 is 0. The largest absolute Gasteiger partial charge is 0.493 e. The lowest BCUT2D eigenvalue weighted by atomic mass is 10.3. The number of anilines is 1. The number of hydrogen-bond donors (Lipinski definition) is 1. The number of methoxy groups -OCH3 is 2. The predicted octanol–water partition coefficient (Wildman–Crippen LogP) is 3.76. The minimum Gasteiger partial charge on any atom is -0.493 e. The van der Waals surface area contributed by atoms with E-state index in [2.05, 4.69) is 5.32 Å². The van der Waals surface area contributed by atoms with Crippen LogP contribution in [-0.4, -0.2) is 46.4 Å². The van der Waals surface area contributed by atoms with Gasteiger partial charge in [-0.05, 0) is 48.5 Å². The molecule has 0 radical (unpaired) electrons. The quantitative estimate of drug-likeness (QED) is 0.527. The normalized spacial score (nSPS) is 11.1. The average Bonchev–Trinajstić information content (AvgIpc) is 2.80. The molecule has 3 aromatic carbocycles. The van der Waals surface area contributed by atoms with Gasteiger partial charge in [-0.25, -0.2) is 8.42 Å². The second-order valence-electron chi connectivity index (χ2n) is 6.77. The molecule has 0 heterocycles. The fourth-order valence-corrected chi connectivity index (χ4v) is 4.02. The summed E-state index contributed by atoms with van der Waals surface area (Å²) < 4.78 is 42.7. The first-order valence-corrected chi connectivity index (χ1v) is 11.1. The summed E-state index contributed by atoms with van der Waals surface area (Å²) in [5, 5.41) is 2.68. The minimum absolute atomic E-state index is 0.00661. The molecule has 0 aliphatic rings. The van der Waals surface area contributed by atoms with Crippen molar-refractivity contribution in [3.05, 3.63) is 72.8 Å². The van der Waals surface area contributed by atoms with E-state index in [1.807, 2.05) is 30.3 Å². The maximum atomic E-state index is 12.8. The van der Waals surface area contributed by atoms with E-state index in [1.165, 1.54) is 39.5 Å². The van der Waals surface area contributed by atoms with Crippen LogP contribution in [0.5, 0.6) is 23.0 Å². The van der Waals surface area contributed by atoms with E-state index in [0.29, 0.717) is 22.9 Å². The third kappa shape index (κ3) is 5.57. The van der Waals surface area contributed by atoms with Crippen LogP contribution in [-0.2, 0) is 14.8 Å². The van der Waals surface area contributed by atoms with Crippen molar-refractivity contribution < 1.29 is 27.4 Å². The third-order valence-electron chi connectivity index (χ3n) is 4.55. The van der Waals surface area contributed by atoms with Crippen LogP contribution < -0.4 is 19.5 Å². The zero-order valence-electron chi connectivity index (χ0n) is 17.9. The van der Waals surface area contributed by atoms with Gasteiger partial charge in [0.1, 0.15) is 11.5 Å². The van der Waals surface area contributed by atoms with E-state index in [9.17, 15) is 13.2 Å². The summed E-state index contributed by atoms with van der Waals surface area (Å²) in [5.41, 5.74) is 0.521. The molecule has 0 aromatic heterocycles. The molecular weight excluding hydrogens is 432 g/mol. The lowest BCUT2D eigenvalue weighted by Gasteiger charge is -2.18. The Balaban J connectivity index is 1.62. The van der Waals surface area contributed by atoms with Crippen molar-refractivity contribution in [2.45, 2.75) is 4.90 Å². The number of carbonyl (C=O) groups is 1. The van der Waals surface area contributed by atoms with E-state index in [1.54, 1.807) is 24.3 Å². The van der Waals surface area contributed by atoms with Crippen LogP contribution in [0.3, 0.4) is 0 Å². The first kappa shape index (κ1) is 23.1. The van der Waals surface area contributed by atoms with Gasteiger partial charge < -0.3 is 19.5 Å². The summed E-state index contributed by atoms with van der Waals surface area (Å²) in [6, 6.07) is 20.4. The average molecular weight is 457 g/mol. The Morgan fingerprint density at radius 3 is 2.12 bits per heavy atom. The lowest BCUT2D eigenvalue weighted by molar-refractivity contribution is -0.116. The van der Waals surface area contributed by atoms with E-state index in [4.69, 9.17) is 14.2 Å². The summed E-state index contributed by atoms with van der Waals surface area (Å²) in [7, 11) is 0.307. The third-order valence-corrected chi connectivity index (χ3v) is 6.35. The molecule has 0 saturated heterocycles. The molecule has 0 spiro atoms. The van der Waals surface area contributed by atoms with Crippen LogP contribution in [0.2, 0.25) is 0 Å². The Bertz CT molecular complexity index is 1160. The number of nitrogens with one attached hydrogen (secondary N) is 1. The lowest BCUT2D eigenvalue weighted by Crippen LogP contribution is -2.35. The Hall–Kier alpha value is -3.56. The van der Waals surface area contributed by atoms with Crippen LogP contribution >= 0.6 is 0 Å². The number of carbonyl (C=O) groups excluding carboxylic acids is 1. The zero-order chi connectivity index (χ0) is 23.1. The molecule has 168 valence electrons. The zero-order valence-corrected chi connectivity index (χ0v) is 18.8. The molecule has 0 aliphatic heterocycles. The van der Waals surface area contributed by atoms with Gasteiger partial charge in [-0.2, -0.15) is 4.31 Å². The monoisotopic (exact) mass is 456 g/mol. The highest BCUT2D eigenvalue weighted by Crippen LogP contribution is 2.30. The fourth-order valence-electron chi connectivity index (χ4n) is 2.88. The van der Waals surface area contributed by atoms with E-state index in [0.717, 1.165) is 4.31 Å². The summed E-state index contributed by atoms with van der Waals surface area (Å²) in [5.74, 6) is 1.53. The van der Waals surface area contributed by atoms with Gasteiger partial charge in [0.25, 0.3) is 0 Å². The van der Waals surface area contributed by atoms with Gasteiger partial charge in [0, 0.05) is 18.8 Å². The molecular formula is C23H24N2O6S. The summed E-state index contributed by atoms with van der Waals surface area (Å²) in [4.78, 5) is 12.4. The maximum Gasteiger partial charge on any atom is 0.243 e. The van der Waals surface area contributed by atoms with Crippen molar-refractivity contribution in [2.24, 2.45) is 0 Å². The number of para-hydroxylation sites is 1. The van der Waals surface area contributed by atoms with Gasteiger partial charge in [-0.3, -0.25) is 4.79 Å². The molecule has 0 aliphatic carbocycles. The molecule has 1 N–H and O–H groups in total. The molecule has 32 heavy (non-hydrogen) atoms. The van der Waals surface area contributed by atoms with Gasteiger partial charge in [-0.1, -0.05) is 18.2 Å². The molecule has 0 unspecified atom stereocenters. The number of sulfonamides is 1. The first-order chi connectivity index (χ1) is 15.3. The van der Waals surface area contributed by atoms with Crippen molar-refractivity contribution in [1.29, 1.82) is 0 Å². The molecule has 0 atom stereocenters. The second-order valence-corrected chi connectivity index (χ2v) is 8.81. The highest BCUT2D eigenvalue weighted by molar-refractivity contribution is 7.89. The van der Waals surface area contributed by atoms with Crippen molar-refractivity contribution >= 4 is 21.6 Å². The molecule has 0 bridgehead atoms. The smallest absolute Gasteiger partial charge is 0.243 e. The predicted molar refractivity (Wildman–Crippen MR) is 121 cm³/mol. The number of rotatable bonds is 9. The van der Waals surface area contributed by atoms with Crippen molar-refractivity contribution in [3.63, 3.8) is 0 Å². The van der Waals surface area contributed by atoms with E-state index in [-0.39, 0.29) is 17.2 Å². The molecule has 9 heteroatoms. The standard InChI is InChI=1S/C23H24N2O6S/c1-25(32(27,28)20-13-14-21(29-2)22(15-20)30-3)16-23(26)24-17-9-11-19(12-10-17)31-18-7-5-4-6-8-18/h4-15H,16H2,1-3H3,(H,24,26). The SMILES string of the molecule is COc1ccc(S(=O)(=O)N(C)CC(=O)Nc2ccc(Oc3ccccc3)cc2)cc1OC. The molecule has 1 amide bonds. The van der Waals surface area contributed by atoms with Crippen LogP contribution in [0.4, 0.5) is 5.69 Å². The first-order valence-electron chi connectivity index (χ1n) is 9.64. The van der Waals surface area contributed by atoms with Gasteiger partial charge in [-0.15, -0.1) is 0 Å². The maximum absolute atomic E-state index is 12.8. The molecule has 8 nitrogen and oxygen atoms in total. The van der Waals surface area contributed by atoms with Crippen molar-refractivity contribution in [1.82, 2.24) is 4.31 Å². The van der Waals surface area contributed by atoms with E-state index < -0.39 is 15.9 Å². The van der Waals surface area contributed by atoms with Crippen molar-refractivity contribution in [3.8, 4) is 23.0 Å². The minimum atomic E-state index is -3.91. The number of benzene rings is 3. The Morgan fingerprint density at radius 1 is 0.875 bits per heavy atom. The second kappa shape index (κ2) is 10.2. The number of hydrogen-bond acceptors (Lipinski definition) is 6. The highest BCUT2D eigenvalue weighted by atomic mass is 32.2. The Kier molecular flexibility index (Phi) is 7.34. The number of nitrogens with zero attached hydrogens (tertiary/aromatic N) is 1. The van der Waals surface area contributed by atoms with Crippen LogP contribution in [0.15, 0.2) is 77.7 Å². The van der Waals surface area contributed by atoms with Gasteiger partial charge in [0.15, 0.2) is 11.5 Å². The highest BCUT2D eigenvalue weighted by Gasteiger charge is 2.24. The molecule has 3 aromatic rings. The van der Waals surface area contributed by atoms with Gasteiger partial charge in [0.2, 0.25) is 15.9 Å². The molecule has 0 fully saturated rings. The van der Waals surface area contributed by atoms with Crippen LogP contribution in [0, 0.1) is 0 Å². The summed E-state index contributed by atoms with van der Waals surface area (Å²) in [6.07, 6.45) is 0. The Labute approximate surface area is 187 Å². The number of likely N-dealkylation sites (N-methyl/N-ethyl adjacent to an activating group) is 1. The molecule has 0 saturated carbocycles. The van der Waals surface area contributed by atoms with Crippen molar-refractivity contribution in [2.75, 3.05) is 33.1 Å². The van der Waals surface area contributed by atoms with Gasteiger partial charge >= 0.3 is 0 Å². The van der Waals surface area contributed by atoms with Crippen LogP contribution in [0.1, 0.15) is 0 Å². The van der Waals surface area contributed by atoms with Gasteiger partial charge in [0.05, 0.1) is 25.7 Å².